The maximum atomic E-state index is 4.56. The molecule has 1 N–H and O–H groups in total. The van der Waals surface area contributed by atoms with Crippen LogP contribution in [-0.4, -0.2) is 24.6 Å². The number of hydrogen-bond donors (Lipinski definition) is 1. The van der Waals surface area contributed by atoms with Crippen molar-refractivity contribution in [3.63, 3.8) is 0 Å². The van der Waals surface area contributed by atoms with Gasteiger partial charge >= 0.3 is 0 Å². The monoisotopic (exact) mass is 311 g/mol. The normalized spacial score (nSPS) is 10.4. The van der Waals surface area contributed by atoms with Crippen molar-refractivity contribution in [2.45, 2.75) is 26.8 Å². The molecule has 0 amide bonds. The molecule has 1 heterocycles. The minimum Gasteiger partial charge on any atom is -0.353 e. The molecule has 100 valence electrons. The summed E-state index contributed by atoms with van der Waals surface area (Å²) in [5, 5.41) is 3.36. The third kappa shape index (κ3) is 4.42. The molecule has 1 rings (SSSR count). The molecule has 4 heteroatoms. The van der Waals surface area contributed by atoms with E-state index in [1.54, 1.807) is 0 Å². The second kappa shape index (κ2) is 8.27. The van der Waals surface area contributed by atoms with Crippen LogP contribution in [0.25, 0.3) is 0 Å². The van der Waals surface area contributed by atoms with Crippen LogP contribution < -0.4 is 10.2 Å². The van der Waals surface area contributed by atoms with Gasteiger partial charge in [-0.25, -0.2) is 4.98 Å². The minimum atomic E-state index is 0.835. The van der Waals surface area contributed by atoms with Gasteiger partial charge in [0.15, 0.2) is 0 Å². The highest BCUT2D eigenvalue weighted by atomic mass is 79.9. The summed E-state index contributed by atoms with van der Waals surface area (Å²) in [6, 6.07) is 2.14. The Kier molecular flexibility index (Phi) is 6.98. The first-order valence-electron chi connectivity index (χ1n) is 6.43. The van der Waals surface area contributed by atoms with Crippen molar-refractivity contribution >= 4 is 21.7 Å². The van der Waals surface area contributed by atoms with E-state index in [1.165, 1.54) is 5.56 Å². The van der Waals surface area contributed by atoms with Crippen LogP contribution >= 0.6 is 15.9 Å². The van der Waals surface area contributed by atoms with Gasteiger partial charge < -0.3 is 10.2 Å². The molecule has 0 aliphatic rings. The lowest BCUT2D eigenvalue weighted by atomic mass is 10.2. The van der Waals surface area contributed by atoms with Gasteiger partial charge in [-0.2, -0.15) is 0 Å². The van der Waals surface area contributed by atoms with Gasteiger partial charge in [0.05, 0.1) is 0 Å². The first kappa shape index (κ1) is 15.2. The number of hydrogen-bond acceptors (Lipinski definition) is 3. The van der Waals surface area contributed by atoms with Gasteiger partial charge in [-0.3, -0.25) is 0 Å². The Morgan fingerprint density at radius 2 is 2.28 bits per heavy atom. The zero-order chi connectivity index (χ0) is 13.4. The number of anilines is 1. The predicted octanol–water partition coefficient (Wildman–Crippen LogP) is 3.36. The average Bonchev–Trinajstić information content (AvgIpc) is 2.36. The van der Waals surface area contributed by atoms with Gasteiger partial charge in [0.2, 0.25) is 0 Å². The van der Waals surface area contributed by atoms with Crippen molar-refractivity contribution in [3.05, 3.63) is 35.0 Å². The van der Waals surface area contributed by atoms with Gasteiger partial charge in [0, 0.05) is 35.9 Å². The standard InChI is InChI=1S/C14H22BrN3/c1-4-7-18(8-5-2)14-12(10-16-6-3)9-13(15)11-17-14/h4,9,11,16H,1,5-8,10H2,2-3H3. The molecule has 0 fully saturated rings. The molecule has 0 saturated heterocycles. The van der Waals surface area contributed by atoms with Gasteiger partial charge in [-0.1, -0.05) is 19.9 Å². The number of pyridine rings is 1. The second-order valence-corrected chi connectivity index (χ2v) is 5.07. The number of rotatable bonds is 8. The summed E-state index contributed by atoms with van der Waals surface area (Å²) < 4.78 is 1.02. The second-order valence-electron chi connectivity index (χ2n) is 4.15. The highest BCUT2D eigenvalue weighted by Crippen LogP contribution is 2.22. The van der Waals surface area contributed by atoms with Crippen molar-refractivity contribution in [2.24, 2.45) is 0 Å². The zero-order valence-corrected chi connectivity index (χ0v) is 12.8. The fraction of sp³-hybridized carbons (Fsp3) is 0.500. The number of halogens is 1. The molecule has 1 aromatic heterocycles. The van der Waals surface area contributed by atoms with Crippen molar-refractivity contribution in [1.82, 2.24) is 10.3 Å². The third-order valence-corrected chi connectivity index (χ3v) is 3.05. The molecule has 0 radical (unpaired) electrons. The number of aromatic nitrogens is 1. The molecule has 0 saturated carbocycles. The summed E-state index contributed by atoms with van der Waals surface area (Å²) in [7, 11) is 0. The molecule has 0 aliphatic heterocycles. The van der Waals surface area contributed by atoms with E-state index in [0.717, 1.165) is 42.9 Å². The van der Waals surface area contributed by atoms with E-state index in [-0.39, 0.29) is 0 Å². The molecule has 1 aromatic rings. The van der Waals surface area contributed by atoms with Gasteiger partial charge in [0.1, 0.15) is 5.82 Å². The van der Waals surface area contributed by atoms with Gasteiger partial charge in [-0.05, 0) is 35.0 Å². The van der Waals surface area contributed by atoms with Crippen molar-refractivity contribution < 1.29 is 0 Å². The van der Waals surface area contributed by atoms with E-state index in [9.17, 15) is 0 Å². The molecular weight excluding hydrogens is 290 g/mol. The number of nitrogens with zero attached hydrogens (tertiary/aromatic N) is 2. The van der Waals surface area contributed by atoms with E-state index >= 15 is 0 Å². The van der Waals surface area contributed by atoms with E-state index in [4.69, 9.17) is 0 Å². The first-order chi connectivity index (χ1) is 8.72. The van der Waals surface area contributed by atoms with Gasteiger partial charge in [0.25, 0.3) is 0 Å². The first-order valence-corrected chi connectivity index (χ1v) is 7.23. The summed E-state index contributed by atoms with van der Waals surface area (Å²) in [5.41, 5.74) is 1.22. The molecule has 0 atom stereocenters. The molecule has 0 spiro atoms. The Balaban J connectivity index is 2.98. The Labute approximate surface area is 118 Å². The molecule has 0 aliphatic carbocycles. The number of nitrogens with one attached hydrogen (secondary N) is 1. The van der Waals surface area contributed by atoms with Crippen LogP contribution in [0.3, 0.4) is 0 Å². The molecule has 0 aromatic carbocycles. The molecule has 18 heavy (non-hydrogen) atoms. The van der Waals surface area contributed by atoms with Crippen LogP contribution in [0.4, 0.5) is 5.82 Å². The van der Waals surface area contributed by atoms with E-state index in [1.807, 2.05) is 12.3 Å². The summed E-state index contributed by atoms with van der Waals surface area (Å²) in [5.74, 6) is 1.06. The van der Waals surface area contributed by atoms with E-state index < -0.39 is 0 Å². The highest BCUT2D eigenvalue weighted by molar-refractivity contribution is 9.10. The van der Waals surface area contributed by atoms with Crippen LogP contribution in [0.15, 0.2) is 29.4 Å². The summed E-state index contributed by atoms with van der Waals surface area (Å²) in [4.78, 5) is 6.83. The topological polar surface area (TPSA) is 28.2 Å². The fourth-order valence-corrected chi connectivity index (χ4v) is 2.24. The van der Waals surface area contributed by atoms with Crippen LogP contribution in [0.2, 0.25) is 0 Å². The van der Waals surface area contributed by atoms with Crippen molar-refractivity contribution in [1.29, 1.82) is 0 Å². The summed E-state index contributed by atoms with van der Waals surface area (Å²) in [6.07, 6.45) is 4.89. The Hall–Kier alpha value is -0.870. The SMILES string of the molecule is C=CCN(CCC)c1ncc(Br)cc1CNCC. The van der Waals surface area contributed by atoms with Crippen LogP contribution in [0, 0.1) is 0 Å². The van der Waals surface area contributed by atoms with Gasteiger partial charge in [-0.15, -0.1) is 6.58 Å². The predicted molar refractivity (Wildman–Crippen MR) is 82.0 cm³/mol. The summed E-state index contributed by atoms with van der Waals surface area (Å²) >= 11 is 3.49. The van der Waals surface area contributed by atoms with Crippen molar-refractivity contribution in [2.75, 3.05) is 24.5 Å². The van der Waals surface area contributed by atoms with Crippen LogP contribution in [0.1, 0.15) is 25.8 Å². The quantitative estimate of drug-likeness (QED) is 0.746. The Morgan fingerprint density at radius 3 is 2.89 bits per heavy atom. The lowest BCUT2D eigenvalue weighted by Crippen LogP contribution is -2.27. The Morgan fingerprint density at radius 1 is 1.50 bits per heavy atom. The van der Waals surface area contributed by atoms with Crippen LogP contribution in [0.5, 0.6) is 0 Å². The maximum absolute atomic E-state index is 4.56. The minimum absolute atomic E-state index is 0.835. The highest BCUT2D eigenvalue weighted by Gasteiger charge is 2.11. The van der Waals surface area contributed by atoms with E-state index in [0.29, 0.717) is 0 Å². The fourth-order valence-electron chi connectivity index (χ4n) is 1.86. The molecular formula is C14H22BrN3. The smallest absolute Gasteiger partial charge is 0.133 e. The zero-order valence-electron chi connectivity index (χ0n) is 11.2. The van der Waals surface area contributed by atoms with Crippen LogP contribution in [-0.2, 0) is 6.54 Å². The lowest BCUT2D eigenvalue weighted by molar-refractivity contribution is 0.713. The molecule has 3 nitrogen and oxygen atoms in total. The average molecular weight is 312 g/mol. The van der Waals surface area contributed by atoms with E-state index in [2.05, 4.69) is 57.6 Å². The lowest BCUT2D eigenvalue weighted by Gasteiger charge is -2.24. The molecule has 0 bridgehead atoms. The Bertz CT molecular complexity index is 379. The van der Waals surface area contributed by atoms with Crippen molar-refractivity contribution in [3.8, 4) is 0 Å². The molecule has 0 unspecified atom stereocenters. The third-order valence-electron chi connectivity index (χ3n) is 2.62. The maximum Gasteiger partial charge on any atom is 0.133 e. The largest absolute Gasteiger partial charge is 0.353 e. The summed E-state index contributed by atoms with van der Waals surface area (Å²) in [6.45, 7) is 11.7.